The van der Waals surface area contributed by atoms with Gasteiger partial charge in [-0.05, 0) is 12.3 Å². The summed E-state index contributed by atoms with van der Waals surface area (Å²) in [5.41, 5.74) is 0. The summed E-state index contributed by atoms with van der Waals surface area (Å²) in [6, 6.07) is 0. The average Bonchev–Trinajstić information content (AvgIpc) is 2.94. The molecule has 0 aliphatic carbocycles. The molecule has 0 radical (unpaired) electrons. The third-order valence-corrected chi connectivity index (χ3v) is 3.49. The van der Waals surface area contributed by atoms with E-state index in [1.54, 1.807) is 4.90 Å². The molecule has 1 aromatic heterocycles. The molecule has 1 aliphatic rings. The van der Waals surface area contributed by atoms with Gasteiger partial charge in [0.2, 0.25) is 11.8 Å². The van der Waals surface area contributed by atoms with Gasteiger partial charge in [-0.25, -0.2) is 0 Å². The molecular weight excluding hydrogens is 272 g/mol. The van der Waals surface area contributed by atoms with Crippen molar-refractivity contribution in [2.45, 2.75) is 33.1 Å². The van der Waals surface area contributed by atoms with E-state index in [1.807, 2.05) is 0 Å². The molecule has 0 aromatic carbocycles. The van der Waals surface area contributed by atoms with E-state index >= 15 is 0 Å². The fourth-order valence-electron chi connectivity index (χ4n) is 2.48. The van der Waals surface area contributed by atoms with Crippen molar-refractivity contribution in [2.24, 2.45) is 11.8 Å². The van der Waals surface area contributed by atoms with E-state index in [0.29, 0.717) is 50.6 Å². The molecule has 1 saturated heterocycles. The Morgan fingerprint density at radius 3 is 3.00 bits per heavy atom. The molecule has 116 valence electrons. The molecule has 0 saturated carbocycles. The molecule has 1 atom stereocenters. The van der Waals surface area contributed by atoms with Crippen LogP contribution in [0.25, 0.3) is 0 Å². The zero-order chi connectivity index (χ0) is 15.2. The Kier molecular flexibility index (Phi) is 5.24. The Morgan fingerprint density at radius 1 is 1.52 bits per heavy atom. The number of hydrogen-bond donors (Lipinski definition) is 2. The van der Waals surface area contributed by atoms with Crippen LogP contribution >= 0.6 is 0 Å². The Hall–Kier alpha value is -1.99. The molecule has 2 N–H and O–H groups in total. The summed E-state index contributed by atoms with van der Waals surface area (Å²) < 4.78 is 0. The maximum atomic E-state index is 12.2. The second-order valence-electron chi connectivity index (χ2n) is 5.80. The van der Waals surface area contributed by atoms with E-state index in [9.17, 15) is 9.59 Å². The van der Waals surface area contributed by atoms with Gasteiger partial charge in [0.25, 0.3) is 0 Å². The number of nitrogens with one attached hydrogen (secondary N) is 2. The van der Waals surface area contributed by atoms with Gasteiger partial charge < -0.3 is 10.2 Å². The molecule has 1 aromatic rings. The number of carbonyl (C=O) groups excluding carboxylic acids is 2. The van der Waals surface area contributed by atoms with Crippen LogP contribution in [0.4, 0.5) is 0 Å². The maximum absolute atomic E-state index is 12.2. The van der Waals surface area contributed by atoms with Crippen molar-refractivity contribution in [1.82, 2.24) is 30.8 Å². The Morgan fingerprint density at radius 2 is 2.33 bits per heavy atom. The molecule has 2 heterocycles. The Bertz CT molecular complexity index is 473. The third kappa shape index (κ3) is 4.51. The number of tetrazole rings is 1. The lowest BCUT2D eigenvalue weighted by Gasteiger charge is -2.33. The van der Waals surface area contributed by atoms with E-state index in [2.05, 4.69) is 39.8 Å². The molecule has 2 amide bonds. The average molecular weight is 294 g/mol. The van der Waals surface area contributed by atoms with Crippen molar-refractivity contribution in [3.8, 4) is 0 Å². The van der Waals surface area contributed by atoms with Gasteiger partial charge in [-0.15, -0.1) is 10.2 Å². The maximum Gasteiger partial charge on any atom is 0.224 e. The zero-order valence-electron chi connectivity index (χ0n) is 12.5. The lowest BCUT2D eigenvalue weighted by molar-refractivity contribution is -0.138. The summed E-state index contributed by atoms with van der Waals surface area (Å²) in [4.78, 5) is 25.8. The number of nitrogens with zero attached hydrogens (tertiary/aromatic N) is 4. The number of hydrogen-bond acceptors (Lipinski definition) is 5. The first-order chi connectivity index (χ1) is 10.1. The van der Waals surface area contributed by atoms with Crippen LogP contribution in [0.15, 0.2) is 0 Å². The predicted molar refractivity (Wildman–Crippen MR) is 75.0 cm³/mol. The van der Waals surface area contributed by atoms with Crippen LogP contribution in [0, 0.1) is 11.8 Å². The second kappa shape index (κ2) is 7.14. The van der Waals surface area contributed by atoms with Gasteiger partial charge in [-0.2, -0.15) is 5.21 Å². The van der Waals surface area contributed by atoms with Crippen molar-refractivity contribution in [3.05, 3.63) is 5.82 Å². The number of amides is 2. The molecule has 1 aliphatic heterocycles. The minimum atomic E-state index is -0.119. The molecule has 0 bridgehead atoms. The van der Waals surface area contributed by atoms with Crippen LogP contribution in [-0.2, 0) is 16.0 Å². The molecule has 0 unspecified atom stereocenters. The minimum Gasteiger partial charge on any atom is -0.355 e. The first-order valence-corrected chi connectivity index (χ1v) is 7.34. The lowest BCUT2D eigenvalue weighted by Crippen LogP contribution is -2.47. The lowest BCUT2D eigenvalue weighted by atomic mass is 9.96. The topological polar surface area (TPSA) is 104 Å². The SMILES string of the molecule is CC(C)CN1C[C@@H](C(=O)NCCc2nn[nH]n2)CCC1=O. The predicted octanol–water partition coefficient (Wildman–Crippen LogP) is -0.247. The summed E-state index contributed by atoms with van der Waals surface area (Å²) in [7, 11) is 0. The fourth-order valence-corrected chi connectivity index (χ4v) is 2.48. The van der Waals surface area contributed by atoms with Crippen LogP contribution in [0.1, 0.15) is 32.5 Å². The van der Waals surface area contributed by atoms with Gasteiger partial charge >= 0.3 is 0 Å². The number of H-pyrrole nitrogens is 1. The highest BCUT2D eigenvalue weighted by Gasteiger charge is 2.30. The van der Waals surface area contributed by atoms with E-state index in [4.69, 9.17) is 0 Å². The normalized spacial score (nSPS) is 19.1. The molecule has 8 nitrogen and oxygen atoms in total. The van der Waals surface area contributed by atoms with Crippen molar-refractivity contribution < 1.29 is 9.59 Å². The largest absolute Gasteiger partial charge is 0.355 e. The van der Waals surface area contributed by atoms with Crippen LogP contribution in [0.5, 0.6) is 0 Å². The third-order valence-electron chi connectivity index (χ3n) is 3.49. The molecule has 2 rings (SSSR count). The van der Waals surface area contributed by atoms with Crippen molar-refractivity contribution in [3.63, 3.8) is 0 Å². The van der Waals surface area contributed by atoms with Crippen LogP contribution in [-0.4, -0.2) is 57.0 Å². The highest BCUT2D eigenvalue weighted by Crippen LogP contribution is 2.18. The van der Waals surface area contributed by atoms with Crippen LogP contribution in [0.2, 0.25) is 0 Å². The molecule has 0 spiro atoms. The quantitative estimate of drug-likeness (QED) is 0.753. The second-order valence-corrected chi connectivity index (χ2v) is 5.80. The van der Waals surface area contributed by atoms with Gasteiger partial charge in [0, 0.05) is 32.5 Å². The van der Waals surface area contributed by atoms with E-state index in [1.165, 1.54) is 0 Å². The van der Waals surface area contributed by atoms with E-state index in [0.717, 1.165) is 0 Å². The van der Waals surface area contributed by atoms with E-state index in [-0.39, 0.29) is 17.7 Å². The standard InChI is InChI=1S/C13H22N6O2/c1-9(2)7-19-8-10(3-4-12(19)20)13(21)14-6-5-11-15-17-18-16-11/h9-10H,3-8H2,1-2H3,(H,14,21)(H,15,16,17,18)/t10-/m0/s1. The van der Waals surface area contributed by atoms with Gasteiger partial charge in [-0.1, -0.05) is 19.1 Å². The summed E-state index contributed by atoms with van der Waals surface area (Å²) in [5.74, 6) is 1.02. The summed E-state index contributed by atoms with van der Waals surface area (Å²) in [5, 5.41) is 16.4. The van der Waals surface area contributed by atoms with Gasteiger partial charge in [0.05, 0.1) is 5.92 Å². The highest BCUT2D eigenvalue weighted by molar-refractivity contribution is 5.83. The number of carbonyl (C=O) groups is 2. The molecule has 8 heteroatoms. The smallest absolute Gasteiger partial charge is 0.224 e. The Balaban J connectivity index is 1.77. The molecule has 1 fully saturated rings. The molecule has 21 heavy (non-hydrogen) atoms. The summed E-state index contributed by atoms with van der Waals surface area (Å²) in [6.45, 7) is 5.85. The highest BCUT2D eigenvalue weighted by atomic mass is 16.2. The number of rotatable bonds is 6. The van der Waals surface area contributed by atoms with E-state index < -0.39 is 0 Å². The summed E-state index contributed by atoms with van der Waals surface area (Å²) >= 11 is 0. The number of aromatic nitrogens is 4. The van der Waals surface area contributed by atoms with Gasteiger partial charge in [0.1, 0.15) is 0 Å². The van der Waals surface area contributed by atoms with Crippen molar-refractivity contribution in [1.29, 1.82) is 0 Å². The van der Waals surface area contributed by atoms with Crippen molar-refractivity contribution in [2.75, 3.05) is 19.6 Å². The first-order valence-electron chi connectivity index (χ1n) is 7.34. The van der Waals surface area contributed by atoms with Crippen molar-refractivity contribution >= 4 is 11.8 Å². The first kappa shape index (κ1) is 15.4. The minimum absolute atomic E-state index is 0.000231. The monoisotopic (exact) mass is 294 g/mol. The van der Waals surface area contributed by atoms with Gasteiger partial charge in [0.15, 0.2) is 5.82 Å². The van der Waals surface area contributed by atoms with Gasteiger partial charge in [-0.3, -0.25) is 9.59 Å². The summed E-state index contributed by atoms with van der Waals surface area (Å²) in [6.07, 6.45) is 1.63. The zero-order valence-corrected chi connectivity index (χ0v) is 12.5. The number of piperidine rings is 1. The van der Waals surface area contributed by atoms with Crippen LogP contribution < -0.4 is 5.32 Å². The fraction of sp³-hybridized carbons (Fsp3) is 0.769. The Labute approximate surface area is 123 Å². The van der Waals surface area contributed by atoms with Crippen LogP contribution in [0.3, 0.4) is 0 Å². The number of aromatic amines is 1. The number of likely N-dealkylation sites (tertiary alicyclic amines) is 1. The molecular formula is C13H22N6O2.